The summed E-state index contributed by atoms with van der Waals surface area (Å²) in [4.78, 5) is 0. The lowest BCUT2D eigenvalue weighted by Gasteiger charge is -2.30. The maximum atomic E-state index is 12.9. The van der Waals surface area contributed by atoms with Gasteiger partial charge >= 0.3 is 12.4 Å². The highest BCUT2D eigenvalue weighted by Crippen LogP contribution is 2.41. The molecule has 0 aliphatic carbocycles. The van der Waals surface area contributed by atoms with E-state index in [2.05, 4.69) is 0 Å². The van der Waals surface area contributed by atoms with Crippen molar-refractivity contribution < 1.29 is 26.3 Å². The van der Waals surface area contributed by atoms with E-state index in [1.807, 2.05) is 0 Å². The van der Waals surface area contributed by atoms with Gasteiger partial charge in [-0.2, -0.15) is 26.3 Å². The van der Waals surface area contributed by atoms with Crippen LogP contribution in [-0.2, 0) is 12.4 Å². The summed E-state index contributed by atoms with van der Waals surface area (Å²) in [6.07, 6.45) is -9.46. The first-order chi connectivity index (χ1) is 8.74. The van der Waals surface area contributed by atoms with Crippen LogP contribution in [0, 0.1) is 5.41 Å². The molecule has 1 nitrogen and oxygen atoms in total. The van der Waals surface area contributed by atoms with Crippen LogP contribution in [0.4, 0.5) is 26.3 Å². The highest BCUT2D eigenvalue weighted by Gasteiger charge is 2.39. The van der Waals surface area contributed by atoms with Gasteiger partial charge in [0.25, 0.3) is 0 Å². The first-order valence-corrected chi connectivity index (χ1v) is 5.78. The summed E-state index contributed by atoms with van der Waals surface area (Å²) in [6, 6.07) is 0.172. The number of nitrogens with two attached hydrogens (primary N) is 1. The topological polar surface area (TPSA) is 26.0 Å². The molecule has 0 heterocycles. The van der Waals surface area contributed by atoms with E-state index < -0.39 is 40.5 Å². The van der Waals surface area contributed by atoms with Gasteiger partial charge < -0.3 is 5.73 Å². The molecule has 0 fully saturated rings. The SMILES string of the molecule is CC(C)(C)[C@@H](N)c1cc(C(F)(F)F)ccc1C(F)(F)F. The summed E-state index contributed by atoms with van der Waals surface area (Å²) >= 11 is 0. The third-order valence-electron chi connectivity index (χ3n) is 2.95. The molecule has 0 radical (unpaired) electrons. The Morgan fingerprint density at radius 1 is 0.900 bits per heavy atom. The second-order valence-corrected chi connectivity index (χ2v) is 5.64. The van der Waals surface area contributed by atoms with Gasteiger partial charge in [-0.1, -0.05) is 20.8 Å². The smallest absolute Gasteiger partial charge is 0.323 e. The Balaban J connectivity index is 3.50. The van der Waals surface area contributed by atoms with Crippen LogP contribution >= 0.6 is 0 Å². The molecule has 0 aromatic heterocycles. The van der Waals surface area contributed by atoms with E-state index in [0.717, 1.165) is 0 Å². The molecule has 0 saturated carbocycles. The fraction of sp³-hybridized carbons (Fsp3) is 0.538. The molecule has 1 aromatic carbocycles. The van der Waals surface area contributed by atoms with E-state index in [4.69, 9.17) is 5.73 Å². The summed E-state index contributed by atoms with van der Waals surface area (Å²) < 4.78 is 76.6. The average Bonchev–Trinajstić information content (AvgIpc) is 2.23. The van der Waals surface area contributed by atoms with Crippen molar-refractivity contribution in [1.82, 2.24) is 0 Å². The van der Waals surface area contributed by atoms with Crippen molar-refractivity contribution in [2.24, 2.45) is 11.1 Å². The van der Waals surface area contributed by atoms with Gasteiger partial charge in [0, 0.05) is 6.04 Å². The van der Waals surface area contributed by atoms with Gasteiger partial charge in [0.2, 0.25) is 0 Å². The van der Waals surface area contributed by atoms with E-state index in [1.165, 1.54) is 0 Å². The zero-order valence-corrected chi connectivity index (χ0v) is 11.2. The quantitative estimate of drug-likeness (QED) is 0.743. The number of benzene rings is 1. The number of rotatable bonds is 1. The maximum Gasteiger partial charge on any atom is 0.416 e. The first-order valence-electron chi connectivity index (χ1n) is 5.78. The third-order valence-corrected chi connectivity index (χ3v) is 2.95. The largest absolute Gasteiger partial charge is 0.416 e. The molecule has 7 heteroatoms. The summed E-state index contributed by atoms with van der Waals surface area (Å²) in [5.74, 6) is 0. The zero-order chi connectivity index (χ0) is 15.9. The summed E-state index contributed by atoms with van der Waals surface area (Å²) in [7, 11) is 0. The molecule has 0 spiro atoms. The van der Waals surface area contributed by atoms with Gasteiger partial charge in [0.05, 0.1) is 11.1 Å². The van der Waals surface area contributed by atoms with E-state index in [1.54, 1.807) is 20.8 Å². The molecule has 1 rings (SSSR count). The van der Waals surface area contributed by atoms with E-state index >= 15 is 0 Å². The molecule has 114 valence electrons. The normalized spacial score (nSPS) is 15.3. The van der Waals surface area contributed by atoms with Crippen molar-refractivity contribution in [2.45, 2.75) is 39.2 Å². The zero-order valence-electron chi connectivity index (χ0n) is 11.2. The molecule has 0 saturated heterocycles. The molecule has 0 amide bonds. The molecule has 1 atom stereocenters. The number of alkyl halides is 6. The summed E-state index contributed by atoms with van der Waals surface area (Å²) in [6.45, 7) is 4.70. The van der Waals surface area contributed by atoms with Gasteiger partial charge in [-0.25, -0.2) is 0 Å². The lowest BCUT2D eigenvalue weighted by atomic mass is 9.80. The Labute approximate surface area is 112 Å². The highest BCUT2D eigenvalue weighted by molar-refractivity contribution is 5.38. The van der Waals surface area contributed by atoms with Crippen LogP contribution in [-0.4, -0.2) is 0 Å². The van der Waals surface area contributed by atoms with Gasteiger partial charge in [-0.15, -0.1) is 0 Å². The lowest BCUT2D eigenvalue weighted by Crippen LogP contribution is -2.29. The Hall–Kier alpha value is -1.24. The molecule has 0 bridgehead atoms. The van der Waals surface area contributed by atoms with Crippen molar-refractivity contribution in [3.63, 3.8) is 0 Å². The van der Waals surface area contributed by atoms with Crippen molar-refractivity contribution in [3.05, 3.63) is 34.9 Å². The number of hydrogen-bond donors (Lipinski definition) is 1. The summed E-state index contributed by atoms with van der Waals surface area (Å²) in [5.41, 5.74) is 2.10. The first kappa shape index (κ1) is 16.8. The monoisotopic (exact) mass is 299 g/mol. The standard InChI is InChI=1S/C13H15F6N/c1-11(2,3)10(20)8-6-7(12(14,15)16)4-5-9(8)13(17,18)19/h4-6,10H,20H2,1-3H3/t10-/m0/s1. The van der Waals surface area contributed by atoms with Gasteiger partial charge in [-0.3, -0.25) is 0 Å². The third kappa shape index (κ3) is 3.65. The van der Waals surface area contributed by atoms with Crippen LogP contribution in [0.1, 0.15) is 43.5 Å². The maximum absolute atomic E-state index is 12.9. The van der Waals surface area contributed by atoms with Crippen molar-refractivity contribution >= 4 is 0 Å². The Kier molecular flexibility index (Phi) is 4.16. The fourth-order valence-electron chi connectivity index (χ4n) is 1.72. The second kappa shape index (κ2) is 4.95. The van der Waals surface area contributed by atoms with Crippen molar-refractivity contribution in [2.75, 3.05) is 0 Å². The van der Waals surface area contributed by atoms with Crippen LogP contribution in [0.5, 0.6) is 0 Å². The molecule has 0 aliphatic heterocycles. The van der Waals surface area contributed by atoms with Crippen molar-refractivity contribution in [3.8, 4) is 0 Å². The van der Waals surface area contributed by atoms with Gasteiger partial charge in [0.15, 0.2) is 0 Å². The molecular weight excluding hydrogens is 284 g/mol. The molecular formula is C13H15F6N. The van der Waals surface area contributed by atoms with E-state index in [9.17, 15) is 26.3 Å². The predicted octanol–water partition coefficient (Wildman–Crippen LogP) is 4.77. The average molecular weight is 299 g/mol. The second-order valence-electron chi connectivity index (χ2n) is 5.64. The van der Waals surface area contributed by atoms with Crippen LogP contribution in [0.2, 0.25) is 0 Å². The Bertz CT molecular complexity index is 481. The van der Waals surface area contributed by atoms with Crippen molar-refractivity contribution in [1.29, 1.82) is 0 Å². The van der Waals surface area contributed by atoms with Crippen LogP contribution in [0.15, 0.2) is 18.2 Å². The predicted molar refractivity (Wildman–Crippen MR) is 62.8 cm³/mol. The highest BCUT2D eigenvalue weighted by atomic mass is 19.4. The summed E-state index contributed by atoms with van der Waals surface area (Å²) in [5, 5.41) is 0. The minimum absolute atomic E-state index is 0.418. The van der Waals surface area contributed by atoms with Crippen LogP contribution in [0.3, 0.4) is 0 Å². The van der Waals surface area contributed by atoms with E-state index in [-0.39, 0.29) is 0 Å². The van der Waals surface area contributed by atoms with E-state index in [0.29, 0.717) is 18.2 Å². The number of halogens is 6. The Morgan fingerprint density at radius 2 is 1.40 bits per heavy atom. The Morgan fingerprint density at radius 3 is 1.75 bits per heavy atom. The number of hydrogen-bond acceptors (Lipinski definition) is 1. The lowest BCUT2D eigenvalue weighted by molar-refractivity contribution is -0.142. The minimum Gasteiger partial charge on any atom is -0.323 e. The molecule has 0 unspecified atom stereocenters. The minimum atomic E-state index is -4.75. The molecule has 20 heavy (non-hydrogen) atoms. The van der Waals surface area contributed by atoms with Crippen LogP contribution < -0.4 is 5.73 Å². The molecule has 0 aliphatic rings. The van der Waals surface area contributed by atoms with Gasteiger partial charge in [-0.05, 0) is 29.2 Å². The molecule has 1 aromatic rings. The fourth-order valence-corrected chi connectivity index (χ4v) is 1.72. The van der Waals surface area contributed by atoms with Crippen LogP contribution in [0.25, 0.3) is 0 Å². The molecule has 2 N–H and O–H groups in total. The van der Waals surface area contributed by atoms with Gasteiger partial charge in [0.1, 0.15) is 0 Å².